The third-order valence-electron chi connectivity index (χ3n) is 8.51. The summed E-state index contributed by atoms with van der Waals surface area (Å²) in [7, 11) is 1.65. The fraction of sp³-hybridized carbons (Fsp3) is 0.318. The molecule has 5 heteroatoms. The van der Waals surface area contributed by atoms with Gasteiger partial charge in [-0.15, -0.1) is 0 Å². The number of aromatic hydroxyl groups is 3. The summed E-state index contributed by atoms with van der Waals surface area (Å²) in [5.74, 6) is 1.26. The van der Waals surface area contributed by atoms with Gasteiger partial charge in [0.25, 0.3) is 0 Å². The van der Waals surface area contributed by atoms with Crippen molar-refractivity contribution in [3.05, 3.63) is 153 Å². The van der Waals surface area contributed by atoms with Crippen molar-refractivity contribution in [3.8, 4) is 23.0 Å². The molecule has 49 heavy (non-hydrogen) atoms. The minimum atomic E-state index is -0.729. The number of allylic oxidation sites excluding steroid dienone is 4. The summed E-state index contributed by atoms with van der Waals surface area (Å²) >= 11 is 0. The molecule has 0 saturated carbocycles. The number of hydrogen-bond acceptors (Lipinski definition) is 5. The summed E-state index contributed by atoms with van der Waals surface area (Å²) in [5.41, 5.74) is 9.50. The zero-order chi connectivity index (χ0) is 35.9. The van der Waals surface area contributed by atoms with E-state index in [4.69, 9.17) is 4.74 Å². The molecule has 0 aliphatic carbocycles. The van der Waals surface area contributed by atoms with E-state index in [0.29, 0.717) is 41.7 Å². The Labute approximate surface area is 293 Å². The van der Waals surface area contributed by atoms with Crippen LogP contribution < -0.4 is 4.74 Å². The van der Waals surface area contributed by atoms with E-state index in [1.54, 1.807) is 20.1 Å². The quantitative estimate of drug-likeness (QED) is 0.101. The van der Waals surface area contributed by atoms with Crippen LogP contribution in [0, 0.1) is 0 Å². The van der Waals surface area contributed by atoms with Crippen molar-refractivity contribution in [2.75, 3.05) is 7.11 Å². The van der Waals surface area contributed by atoms with Crippen LogP contribution in [0.4, 0.5) is 0 Å². The van der Waals surface area contributed by atoms with Crippen molar-refractivity contribution in [3.63, 3.8) is 0 Å². The zero-order valence-electron chi connectivity index (χ0n) is 30.1. The number of aliphatic hydroxyl groups is 1. The van der Waals surface area contributed by atoms with Gasteiger partial charge in [-0.05, 0) is 114 Å². The molecule has 4 rings (SSSR count). The second kappa shape index (κ2) is 19.3. The normalized spacial score (nSPS) is 11.2. The Kier molecular flexibility index (Phi) is 15.2. The molecule has 0 bridgehead atoms. The van der Waals surface area contributed by atoms with E-state index in [-0.39, 0.29) is 17.9 Å². The predicted molar refractivity (Wildman–Crippen MR) is 203 cm³/mol. The maximum atomic E-state index is 10.9. The fourth-order valence-electron chi connectivity index (χ4n) is 5.50. The van der Waals surface area contributed by atoms with Crippen LogP contribution in [-0.2, 0) is 44.9 Å². The molecule has 0 amide bonds. The number of hydrogen-bond donors (Lipinski definition) is 4. The summed E-state index contributed by atoms with van der Waals surface area (Å²) in [6.45, 7) is 13.7. The lowest BCUT2D eigenvalue weighted by Crippen LogP contribution is -2.14. The zero-order valence-corrected chi connectivity index (χ0v) is 30.1. The second-order valence-corrected chi connectivity index (χ2v) is 13.2. The Morgan fingerprint density at radius 2 is 1.14 bits per heavy atom. The first-order valence-electron chi connectivity index (χ1n) is 17.0. The highest BCUT2D eigenvalue weighted by molar-refractivity contribution is 5.54. The average Bonchev–Trinajstić information content (AvgIpc) is 3.07. The standard InChI is InChI=1S/C24H30O3.C20H24O2/c1-16(2)10-13-20-23(26)14-19(12-11-18-8-6-5-7-9-18)21(24(20)27)15-22(25)17(3)4;1-15(2)9-12-18-19(21)13-17(14-20(18)22-3)11-10-16-7-5-4-6-8-16/h5-10,14,22,25-27H,3,11-13,15H2,1-2,4H3;4-9,13-14,21H,10-12H2,1-3H3. The largest absolute Gasteiger partial charge is 0.508 e. The van der Waals surface area contributed by atoms with Crippen molar-refractivity contribution in [2.45, 2.75) is 85.7 Å². The maximum Gasteiger partial charge on any atom is 0.126 e. The van der Waals surface area contributed by atoms with Crippen LogP contribution in [0.2, 0.25) is 0 Å². The average molecular weight is 663 g/mol. The smallest absolute Gasteiger partial charge is 0.126 e. The highest BCUT2D eigenvalue weighted by Gasteiger charge is 2.20. The fourth-order valence-corrected chi connectivity index (χ4v) is 5.50. The molecule has 0 aromatic heterocycles. The second-order valence-electron chi connectivity index (χ2n) is 13.2. The molecular weight excluding hydrogens is 608 g/mol. The van der Waals surface area contributed by atoms with Gasteiger partial charge in [0.2, 0.25) is 0 Å². The molecule has 5 nitrogen and oxygen atoms in total. The minimum absolute atomic E-state index is 0.0795. The molecule has 0 fully saturated rings. The Morgan fingerprint density at radius 3 is 1.65 bits per heavy atom. The van der Waals surface area contributed by atoms with Gasteiger partial charge in [0, 0.05) is 23.1 Å². The monoisotopic (exact) mass is 662 g/mol. The van der Waals surface area contributed by atoms with E-state index in [0.717, 1.165) is 47.3 Å². The van der Waals surface area contributed by atoms with E-state index in [1.165, 1.54) is 16.7 Å². The number of benzene rings is 4. The Hall–Kier alpha value is -4.74. The lowest BCUT2D eigenvalue weighted by molar-refractivity contribution is 0.210. The third-order valence-corrected chi connectivity index (χ3v) is 8.51. The van der Waals surface area contributed by atoms with Gasteiger partial charge in [0.15, 0.2) is 0 Å². The van der Waals surface area contributed by atoms with Crippen LogP contribution in [0.15, 0.2) is 114 Å². The number of methoxy groups -OCH3 is 1. The highest BCUT2D eigenvalue weighted by Crippen LogP contribution is 2.36. The van der Waals surface area contributed by atoms with Gasteiger partial charge in [-0.2, -0.15) is 0 Å². The van der Waals surface area contributed by atoms with Gasteiger partial charge in [0.1, 0.15) is 23.0 Å². The van der Waals surface area contributed by atoms with E-state index in [2.05, 4.69) is 62.9 Å². The van der Waals surface area contributed by atoms with Gasteiger partial charge in [-0.1, -0.05) is 96.1 Å². The van der Waals surface area contributed by atoms with Gasteiger partial charge in [-0.25, -0.2) is 0 Å². The lowest BCUT2D eigenvalue weighted by atomic mass is 9.90. The van der Waals surface area contributed by atoms with Crippen LogP contribution in [-0.4, -0.2) is 33.6 Å². The Bertz CT molecular complexity index is 1710. The molecule has 4 N–H and O–H groups in total. The molecule has 260 valence electrons. The van der Waals surface area contributed by atoms with Gasteiger partial charge in [-0.3, -0.25) is 0 Å². The van der Waals surface area contributed by atoms with Crippen LogP contribution >= 0.6 is 0 Å². The first-order chi connectivity index (χ1) is 23.4. The van der Waals surface area contributed by atoms with Crippen molar-refractivity contribution in [2.24, 2.45) is 0 Å². The van der Waals surface area contributed by atoms with Crippen LogP contribution in [0.1, 0.15) is 73.6 Å². The molecule has 4 aromatic rings. The van der Waals surface area contributed by atoms with E-state index in [1.807, 2.05) is 56.3 Å². The van der Waals surface area contributed by atoms with E-state index in [9.17, 15) is 20.4 Å². The summed E-state index contributed by atoms with van der Waals surface area (Å²) in [6.07, 6.45) is 8.08. The summed E-state index contributed by atoms with van der Waals surface area (Å²) in [4.78, 5) is 0. The van der Waals surface area contributed by atoms with Crippen molar-refractivity contribution < 1.29 is 25.2 Å². The van der Waals surface area contributed by atoms with Crippen LogP contribution in [0.3, 0.4) is 0 Å². The molecule has 1 atom stereocenters. The molecule has 0 radical (unpaired) electrons. The number of aryl methyl sites for hydroxylation is 4. The first-order valence-corrected chi connectivity index (χ1v) is 17.0. The molecule has 0 spiro atoms. The molecular formula is C44H54O5. The van der Waals surface area contributed by atoms with Gasteiger partial charge >= 0.3 is 0 Å². The van der Waals surface area contributed by atoms with Gasteiger partial charge < -0.3 is 25.2 Å². The maximum absolute atomic E-state index is 10.9. The van der Waals surface area contributed by atoms with E-state index < -0.39 is 6.10 Å². The number of phenolic OH excluding ortho intramolecular Hbond substituents is 3. The summed E-state index contributed by atoms with van der Waals surface area (Å²) < 4.78 is 5.46. The third kappa shape index (κ3) is 12.3. The molecule has 1 unspecified atom stereocenters. The van der Waals surface area contributed by atoms with Crippen molar-refractivity contribution >= 4 is 0 Å². The summed E-state index contributed by atoms with van der Waals surface area (Å²) in [5, 5.41) is 42.0. The Morgan fingerprint density at radius 1 is 0.653 bits per heavy atom. The SMILES string of the molecule is C=C(C)C(O)Cc1c(CCc2ccccc2)cc(O)c(CC=C(C)C)c1O.COc1cc(CCc2ccccc2)cc(O)c1CC=C(C)C. The number of aliphatic hydroxyl groups excluding tert-OH is 1. The molecule has 0 aliphatic rings. The topological polar surface area (TPSA) is 90.2 Å². The number of ether oxygens (including phenoxy) is 1. The van der Waals surface area contributed by atoms with E-state index >= 15 is 0 Å². The summed E-state index contributed by atoms with van der Waals surface area (Å²) in [6, 6.07) is 26.1. The lowest BCUT2D eigenvalue weighted by Gasteiger charge is -2.19. The van der Waals surface area contributed by atoms with Crippen LogP contribution in [0.25, 0.3) is 0 Å². The molecule has 0 saturated heterocycles. The van der Waals surface area contributed by atoms with Crippen molar-refractivity contribution in [1.29, 1.82) is 0 Å². The van der Waals surface area contributed by atoms with Crippen LogP contribution in [0.5, 0.6) is 23.0 Å². The molecule has 4 aromatic carbocycles. The predicted octanol–water partition coefficient (Wildman–Crippen LogP) is 9.57. The highest BCUT2D eigenvalue weighted by atomic mass is 16.5. The Balaban J connectivity index is 0.000000271. The number of rotatable bonds is 14. The minimum Gasteiger partial charge on any atom is -0.508 e. The molecule has 0 aliphatic heterocycles. The first kappa shape index (κ1) is 38.7. The molecule has 0 heterocycles. The number of phenols is 3. The van der Waals surface area contributed by atoms with Crippen molar-refractivity contribution in [1.82, 2.24) is 0 Å². The van der Waals surface area contributed by atoms with Gasteiger partial charge in [0.05, 0.1) is 13.2 Å².